The standard InChI is InChI=1S/C25H27F3N6O2/c1-32-11-9-19(10-12-32)33-15-25(28,16-33)24(35)34(20-5-3-2-4-6-20)14-18-8-7-17(13-29-18)22-30-31-23(36-22)21(26)27/h2-8,13,19,21H,9-12,14-16H2,1H3. The van der Waals surface area contributed by atoms with E-state index in [0.717, 1.165) is 25.9 Å². The number of piperidine rings is 1. The molecule has 2 aliphatic rings. The quantitative estimate of drug-likeness (QED) is 0.489. The van der Waals surface area contributed by atoms with E-state index in [-0.39, 0.29) is 25.5 Å². The van der Waals surface area contributed by atoms with Gasteiger partial charge in [0.05, 0.1) is 17.8 Å². The molecule has 2 aromatic heterocycles. The van der Waals surface area contributed by atoms with Crippen LogP contribution < -0.4 is 4.90 Å². The first-order valence-corrected chi connectivity index (χ1v) is 11.9. The number of carbonyl (C=O) groups excluding carboxylic acids is 1. The molecule has 0 unspecified atom stereocenters. The Hall–Kier alpha value is -3.31. The molecule has 0 radical (unpaired) electrons. The molecule has 8 nitrogen and oxygen atoms in total. The molecule has 0 spiro atoms. The van der Waals surface area contributed by atoms with Crippen LogP contribution in [0.4, 0.5) is 18.9 Å². The molecule has 5 rings (SSSR count). The number of likely N-dealkylation sites (tertiary alicyclic amines) is 2. The average molecular weight is 501 g/mol. The number of para-hydroxylation sites is 1. The van der Waals surface area contributed by atoms with Crippen molar-refractivity contribution in [3.05, 3.63) is 60.2 Å². The summed E-state index contributed by atoms with van der Waals surface area (Å²) < 4.78 is 46.2. The number of nitrogens with zero attached hydrogens (tertiary/aromatic N) is 6. The summed E-state index contributed by atoms with van der Waals surface area (Å²) in [6, 6.07) is 12.4. The second kappa shape index (κ2) is 9.98. The van der Waals surface area contributed by atoms with Crippen LogP contribution in [0.1, 0.15) is 30.9 Å². The van der Waals surface area contributed by atoms with Gasteiger partial charge in [0.15, 0.2) is 0 Å². The molecule has 2 aliphatic heterocycles. The van der Waals surface area contributed by atoms with Gasteiger partial charge in [0, 0.05) is 31.0 Å². The molecule has 4 heterocycles. The maximum atomic E-state index is 15.8. The number of hydrogen-bond donors (Lipinski definition) is 0. The van der Waals surface area contributed by atoms with E-state index >= 15 is 4.39 Å². The SMILES string of the molecule is CN1CCC(N2CC(F)(C(=O)N(Cc3ccc(-c4nnc(C(F)F)o4)cn3)c3ccccc3)C2)CC1. The summed E-state index contributed by atoms with van der Waals surface area (Å²) >= 11 is 0. The van der Waals surface area contributed by atoms with E-state index in [1.165, 1.54) is 11.1 Å². The van der Waals surface area contributed by atoms with Gasteiger partial charge in [0.1, 0.15) is 0 Å². The lowest BCUT2D eigenvalue weighted by Crippen LogP contribution is -2.69. The van der Waals surface area contributed by atoms with E-state index in [9.17, 15) is 13.6 Å². The van der Waals surface area contributed by atoms with Crippen molar-refractivity contribution >= 4 is 11.6 Å². The highest BCUT2D eigenvalue weighted by Gasteiger charge is 2.54. The van der Waals surface area contributed by atoms with Gasteiger partial charge in [-0.2, -0.15) is 8.78 Å². The molecule has 1 aromatic carbocycles. The van der Waals surface area contributed by atoms with Crippen molar-refractivity contribution in [2.24, 2.45) is 0 Å². The smallest absolute Gasteiger partial charge is 0.314 e. The van der Waals surface area contributed by atoms with Crippen molar-refractivity contribution < 1.29 is 22.4 Å². The van der Waals surface area contributed by atoms with Crippen molar-refractivity contribution in [1.82, 2.24) is 25.0 Å². The van der Waals surface area contributed by atoms with Crippen LogP contribution in [0.3, 0.4) is 0 Å². The van der Waals surface area contributed by atoms with Gasteiger partial charge in [0.25, 0.3) is 11.8 Å². The predicted molar refractivity (Wildman–Crippen MR) is 126 cm³/mol. The fourth-order valence-corrected chi connectivity index (χ4v) is 4.73. The Morgan fingerprint density at radius 3 is 2.47 bits per heavy atom. The molecule has 0 bridgehead atoms. The summed E-state index contributed by atoms with van der Waals surface area (Å²) in [5, 5.41) is 6.93. The summed E-state index contributed by atoms with van der Waals surface area (Å²) in [6.07, 6.45) is 0.484. The molecule has 0 atom stereocenters. The van der Waals surface area contributed by atoms with Crippen molar-refractivity contribution in [2.75, 3.05) is 38.1 Å². The maximum Gasteiger partial charge on any atom is 0.314 e. The summed E-state index contributed by atoms with van der Waals surface area (Å²) in [5.74, 6) is -1.44. The number of amides is 1. The summed E-state index contributed by atoms with van der Waals surface area (Å²) in [5.41, 5.74) is -0.527. The third kappa shape index (κ3) is 4.98. The Kier molecular flexibility index (Phi) is 6.76. The highest BCUT2D eigenvalue weighted by molar-refractivity contribution is 6.00. The van der Waals surface area contributed by atoms with Gasteiger partial charge in [-0.05, 0) is 57.2 Å². The fourth-order valence-electron chi connectivity index (χ4n) is 4.73. The molecule has 2 saturated heterocycles. The van der Waals surface area contributed by atoms with E-state index in [1.807, 2.05) is 6.07 Å². The molecule has 3 aromatic rings. The summed E-state index contributed by atoms with van der Waals surface area (Å²) in [6.45, 7) is 2.16. The van der Waals surface area contributed by atoms with Gasteiger partial charge >= 0.3 is 6.43 Å². The Bertz CT molecular complexity index is 1180. The van der Waals surface area contributed by atoms with Gasteiger partial charge in [-0.3, -0.25) is 14.7 Å². The van der Waals surface area contributed by atoms with Crippen molar-refractivity contribution in [3.63, 3.8) is 0 Å². The Labute approximate surface area is 206 Å². The van der Waals surface area contributed by atoms with E-state index in [1.54, 1.807) is 36.4 Å². The van der Waals surface area contributed by atoms with E-state index in [4.69, 9.17) is 4.42 Å². The zero-order chi connectivity index (χ0) is 25.3. The second-order valence-electron chi connectivity index (χ2n) is 9.42. The number of hydrogen-bond acceptors (Lipinski definition) is 7. The molecule has 0 N–H and O–H groups in total. The van der Waals surface area contributed by atoms with Crippen LogP contribution in [0.2, 0.25) is 0 Å². The Morgan fingerprint density at radius 2 is 1.86 bits per heavy atom. The molecule has 190 valence electrons. The van der Waals surface area contributed by atoms with Gasteiger partial charge in [-0.15, -0.1) is 10.2 Å². The number of alkyl halides is 3. The van der Waals surface area contributed by atoms with Crippen molar-refractivity contribution in [2.45, 2.75) is 37.5 Å². The second-order valence-corrected chi connectivity index (χ2v) is 9.42. The predicted octanol–water partition coefficient (Wildman–Crippen LogP) is 3.72. The number of carbonyl (C=O) groups is 1. The molecule has 36 heavy (non-hydrogen) atoms. The molecule has 0 saturated carbocycles. The van der Waals surface area contributed by atoms with Crippen molar-refractivity contribution in [3.8, 4) is 11.5 Å². The van der Waals surface area contributed by atoms with E-state index < -0.39 is 23.9 Å². The third-order valence-electron chi connectivity index (χ3n) is 6.83. The average Bonchev–Trinajstić information content (AvgIpc) is 3.37. The zero-order valence-corrected chi connectivity index (χ0v) is 19.9. The highest BCUT2D eigenvalue weighted by Crippen LogP contribution is 2.34. The monoisotopic (exact) mass is 500 g/mol. The van der Waals surface area contributed by atoms with Crippen LogP contribution >= 0.6 is 0 Å². The lowest BCUT2D eigenvalue weighted by Gasteiger charge is -2.50. The minimum Gasteiger partial charge on any atom is -0.415 e. The first-order chi connectivity index (χ1) is 17.3. The van der Waals surface area contributed by atoms with E-state index in [0.29, 0.717) is 23.0 Å². The molecular formula is C25H27F3N6O2. The number of anilines is 1. The third-order valence-corrected chi connectivity index (χ3v) is 6.83. The van der Waals surface area contributed by atoms with Gasteiger partial charge in [-0.1, -0.05) is 18.2 Å². The van der Waals surface area contributed by atoms with Crippen LogP contribution in [-0.4, -0.2) is 75.8 Å². The number of benzene rings is 1. The highest BCUT2D eigenvalue weighted by atomic mass is 19.3. The number of halogens is 3. The van der Waals surface area contributed by atoms with Crippen LogP contribution in [0.15, 0.2) is 53.1 Å². The van der Waals surface area contributed by atoms with Crippen LogP contribution in [-0.2, 0) is 11.3 Å². The zero-order valence-electron chi connectivity index (χ0n) is 19.9. The van der Waals surface area contributed by atoms with Crippen LogP contribution in [0.5, 0.6) is 0 Å². The normalized spacial score (nSPS) is 18.8. The maximum absolute atomic E-state index is 15.8. The van der Waals surface area contributed by atoms with Crippen LogP contribution in [0, 0.1) is 0 Å². The van der Waals surface area contributed by atoms with Gasteiger partial charge in [-0.25, -0.2) is 4.39 Å². The Morgan fingerprint density at radius 1 is 1.14 bits per heavy atom. The molecular weight excluding hydrogens is 473 g/mol. The largest absolute Gasteiger partial charge is 0.415 e. The van der Waals surface area contributed by atoms with Crippen LogP contribution in [0.25, 0.3) is 11.5 Å². The fraction of sp³-hybridized carbons (Fsp3) is 0.440. The summed E-state index contributed by atoms with van der Waals surface area (Å²) in [4.78, 5) is 23.5. The molecule has 11 heteroatoms. The number of pyridine rings is 1. The summed E-state index contributed by atoms with van der Waals surface area (Å²) in [7, 11) is 2.08. The van der Waals surface area contributed by atoms with Gasteiger partial charge in [0.2, 0.25) is 11.6 Å². The topological polar surface area (TPSA) is 78.6 Å². The molecule has 2 fully saturated rings. The minimum absolute atomic E-state index is 0.0507. The Balaban J connectivity index is 1.30. The molecule has 1 amide bonds. The first kappa shape index (κ1) is 24.4. The lowest BCUT2D eigenvalue weighted by molar-refractivity contribution is -0.146. The van der Waals surface area contributed by atoms with Crippen molar-refractivity contribution in [1.29, 1.82) is 0 Å². The lowest BCUT2D eigenvalue weighted by atomic mass is 9.89. The van der Waals surface area contributed by atoms with E-state index in [2.05, 4.69) is 32.0 Å². The number of aromatic nitrogens is 3. The molecule has 0 aliphatic carbocycles. The van der Waals surface area contributed by atoms with Gasteiger partial charge < -0.3 is 14.2 Å². The minimum atomic E-state index is -2.86. The number of rotatable bonds is 7. The first-order valence-electron chi connectivity index (χ1n) is 11.9.